The normalized spacial score (nSPS) is 17.4. The van der Waals surface area contributed by atoms with Gasteiger partial charge in [-0.25, -0.2) is 0 Å². The Morgan fingerprint density at radius 3 is 2.04 bits per heavy atom. The van der Waals surface area contributed by atoms with Crippen LogP contribution in [0, 0.1) is 18.8 Å². The minimum atomic E-state index is -0.358. The van der Waals surface area contributed by atoms with Gasteiger partial charge in [-0.2, -0.15) is 0 Å². The Kier molecular flexibility index (Phi) is 5.63. The van der Waals surface area contributed by atoms with Crippen LogP contribution < -0.4 is 20.7 Å². The number of ether oxygens (including phenoxy) is 1. The molecule has 0 spiro atoms. The first-order valence-corrected chi connectivity index (χ1v) is 9.01. The first kappa shape index (κ1) is 19.4. The van der Waals surface area contributed by atoms with Crippen LogP contribution in [0.4, 0.5) is 17.1 Å². The molecule has 3 amide bonds. The molecule has 0 radical (unpaired) electrons. The fraction of sp³-hybridized carbons (Fsp3) is 0.286. The number of benzene rings is 2. The molecule has 7 heteroatoms. The molecular weight excluding hydrogens is 358 g/mol. The molecular formula is C21H23N3O4. The molecule has 1 aliphatic carbocycles. The predicted molar refractivity (Wildman–Crippen MR) is 107 cm³/mol. The number of anilines is 3. The number of hydrogen-bond acceptors (Lipinski definition) is 4. The molecule has 3 N–H and O–H groups in total. The SMILES string of the molecule is COc1ccc(C)cc1NC(=O)C1CC1C(=O)Nc1ccc(NC(C)=O)cc1. The van der Waals surface area contributed by atoms with Crippen LogP contribution in [-0.4, -0.2) is 24.8 Å². The molecule has 2 unspecified atom stereocenters. The van der Waals surface area contributed by atoms with Crippen molar-refractivity contribution in [3.05, 3.63) is 48.0 Å². The monoisotopic (exact) mass is 381 g/mol. The second-order valence-corrected chi connectivity index (χ2v) is 6.89. The zero-order valence-corrected chi connectivity index (χ0v) is 16.0. The van der Waals surface area contributed by atoms with Gasteiger partial charge in [-0.05, 0) is 55.3 Å². The number of amides is 3. The minimum absolute atomic E-state index is 0.158. The van der Waals surface area contributed by atoms with Gasteiger partial charge in [0.25, 0.3) is 0 Å². The van der Waals surface area contributed by atoms with Crippen molar-refractivity contribution in [2.45, 2.75) is 20.3 Å². The van der Waals surface area contributed by atoms with Crippen LogP contribution in [0.2, 0.25) is 0 Å². The molecule has 7 nitrogen and oxygen atoms in total. The lowest BCUT2D eigenvalue weighted by Gasteiger charge is -2.11. The summed E-state index contributed by atoms with van der Waals surface area (Å²) in [7, 11) is 1.55. The van der Waals surface area contributed by atoms with Gasteiger partial charge in [0.1, 0.15) is 5.75 Å². The molecule has 1 fully saturated rings. The minimum Gasteiger partial charge on any atom is -0.495 e. The number of rotatable bonds is 6. The summed E-state index contributed by atoms with van der Waals surface area (Å²) in [5.41, 5.74) is 2.88. The van der Waals surface area contributed by atoms with E-state index in [-0.39, 0.29) is 29.6 Å². The zero-order valence-electron chi connectivity index (χ0n) is 16.0. The molecule has 146 valence electrons. The van der Waals surface area contributed by atoms with E-state index in [1.165, 1.54) is 6.92 Å². The van der Waals surface area contributed by atoms with E-state index in [1.54, 1.807) is 37.4 Å². The molecule has 1 saturated carbocycles. The Hall–Kier alpha value is -3.35. The Morgan fingerprint density at radius 2 is 1.46 bits per heavy atom. The van der Waals surface area contributed by atoms with Gasteiger partial charge in [0.05, 0.1) is 24.6 Å². The summed E-state index contributed by atoms with van der Waals surface area (Å²) in [5.74, 6) is -0.669. The van der Waals surface area contributed by atoms with Gasteiger partial charge in [-0.3, -0.25) is 14.4 Å². The molecule has 2 atom stereocenters. The van der Waals surface area contributed by atoms with Gasteiger partial charge in [0, 0.05) is 18.3 Å². The molecule has 1 aliphatic rings. The molecule has 2 aromatic rings. The quantitative estimate of drug-likeness (QED) is 0.716. The average Bonchev–Trinajstić information content (AvgIpc) is 3.44. The zero-order chi connectivity index (χ0) is 20.3. The highest BCUT2D eigenvalue weighted by Crippen LogP contribution is 2.41. The number of hydrogen-bond donors (Lipinski definition) is 3. The number of carbonyl (C=O) groups is 3. The van der Waals surface area contributed by atoms with E-state index >= 15 is 0 Å². The van der Waals surface area contributed by atoms with Gasteiger partial charge in [0.15, 0.2) is 0 Å². The van der Waals surface area contributed by atoms with Gasteiger partial charge < -0.3 is 20.7 Å². The Bertz CT molecular complexity index is 908. The van der Waals surface area contributed by atoms with Gasteiger partial charge in [0.2, 0.25) is 17.7 Å². The molecule has 0 saturated heterocycles. The Labute approximate surface area is 163 Å². The molecule has 0 aliphatic heterocycles. The van der Waals surface area contributed by atoms with Crippen molar-refractivity contribution in [1.82, 2.24) is 0 Å². The summed E-state index contributed by atoms with van der Waals surface area (Å²) in [6.45, 7) is 3.36. The van der Waals surface area contributed by atoms with Crippen LogP contribution >= 0.6 is 0 Å². The van der Waals surface area contributed by atoms with Crippen molar-refractivity contribution in [3.8, 4) is 5.75 Å². The fourth-order valence-corrected chi connectivity index (χ4v) is 2.99. The van der Waals surface area contributed by atoms with Gasteiger partial charge in [-0.15, -0.1) is 0 Å². The van der Waals surface area contributed by atoms with E-state index in [2.05, 4.69) is 16.0 Å². The number of aryl methyl sites for hydroxylation is 1. The summed E-state index contributed by atoms with van der Waals surface area (Å²) in [5, 5.41) is 8.33. The maximum atomic E-state index is 12.5. The van der Waals surface area contributed by atoms with E-state index in [0.29, 0.717) is 29.2 Å². The van der Waals surface area contributed by atoms with E-state index in [9.17, 15) is 14.4 Å². The topological polar surface area (TPSA) is 96.5 Å². The van der Waals surface area contributed by atoms with Crippen LogP contribution in [0.5, 0.6) is 5.75 Å². The van der Waals surface area contributed by atoms with Gasteiger partial charge in [-0.1, -0.05) is 6.07 Å². The maximum absolute atomic E-state index is 12.5. The number of carbonyl (C=O) groups excluding carboxylic acids is 3. The molecule has 0 heterocycles. The molecule has 0 aromatic heterocycles. The Morgan fingerprint density at radius 1 is 0.893 bits per heavy atom. The highest BCUT2D eigenvalue weighted by atomic mass is 16.5. The van der Waals surface area contributed by atoms with Crippen LogP contribution in [0.25, 0.3) is 0 Å². The van der Waals surface area contributed by atoms with Crippen LogP contribution in [0.15, 0.2) is 42.5 Å². The third-order valence-corrected chi connectivity index (χ3v) is 4.55. The first-order valence-electron chi connectivity index (χ1n) is 9.01. The summed E-state index contributed by atoms with van der Waals surface area (Å²) in [6.07, 6.45) is 0.510. The standard InChI is InChI=1S/C21H23N3O4/c1-12-4-9-19(28-3)18(10-12)24-21(27)17-11-16(17)20(26)23-15-7-5-14(6-8-15)22-13(2)25/h4-10,16-17H,11H2,1-3H3,(H,22,25)(H,23,26)(H,24,27). The van der Waals surface area contributed by atoms with E-state index < -0.39 is 0 Å². The van der Waals surface area contributed by atoms with Crippen LogP contribution in [-0.2, 0) is 14.4 Å². The molecule has 0 bridgehead atoms. The lowest BCUT2D eigenvalue weighted by atomic mass is 10.2. The first-order chi connectivity index (χ1) is 13.4. The van der Waals surface area contributed by atoms with Gasteiger partial charge >= 0.3 is 0 Å². The molecule has 3 rings (SSSR count). The van der Waals surface area contributed by atoms with Crippen molar-refractivity contribution in [2.24, 2.45) is 11.8 Å². The second-order valence-electron chi connectivity index (χ2n) is 6.89. The third-order valence-electron chi connectivity index (χ3n) is 4.55. The van der Waals surface area contributed by atoms with E-state index in [0.717, 1.165) is 5.56 Å². The number of methoxy groups -OCH3 is 1. The molecule has 28 heavy (non-hydrogen) atoms. The van der Waals surface area contributed by atoms with Crippen molar-refractivity contribution >= 4 is 34.8 Å². The lowest BCUT2D eigenvalue weighted by molar-refractivity contribution is -0.122. The maximum Gasteiger partial charge on any atom is 0.228 e. The highest BCUT2D eigenvalue weighted by Gasteiger charge is 2.48. The summed E-state index contributed by atoms with van der Waals surface area (Å²) in [6, 6.07) is 12.4. The largest absolute Gasteiger partial charge is 0.495 e. The second kappa shape index (κ2) is 8.12. The Balaban J connectivity index is 1.56. The molecule has 2 aromatic carbocycles. The van der Waals surface area contributed by atoms with Crippen molar-refractivity contribution in [3.63, 3.8) is 0 Å². The smallest absolute Gasteiger partial charge is 0.228 e. The lowest BCUT2D eigenvalue weighted by Crippen LogP contribution is -2.20. The highest BCUT2D eigenvalue weighted by molar-refractivity contribution is 6.03. The average molecular weight is 381 g/mol. The number of nitrogens with one attached hydrogen (secondary N) is 3. The van der Waals surface area contributed by atoms with Crippen LogP contribution in [0.1, 0.15) is 18.9 Å². The fourth-order valence-electron chi connectivity index (χ4n) is 2.99. The predicted octanol–water partition coefficient (Wildman–Crippen LogP) is 3.18. The summed E-state index contributed by atoms with van der Waals surface area (Å²) < 4.78 is 5.27. The third kappa shape index (κ3) is 4.68. The summed E-state index contributed by atoms with van der Waals surface area (Å²) >= 11 is 0. The van der Waals surface area contributed by atoms with Crippen LogP contribution in [0.3, 0.4) is 0 Å². The van der Waals surface area contributed by atoms with E-state index in [1.807, 2.05) is 19.1 Å². The van der Waals surface area contributed by atoms with Crippen molar-refractivity contribution < 1.29 is 19.1 Å². The van der Waals surface area contributed by atoms with Crippen molar-refractivity contribution in [1.29, 1.82) is 0 Å². The van der Waals surface area contributed by atoms with Crippen molar-refractivity contribution in [2.75, 3.05) is 23.1 Å². The summed E-state index contributed by atoms with van der Waals surface area (Å²) in [4.78, 5) is 35.9. The van der Waals surface area contributed by atoms with E-state index in [4.69, 9.17) is 4.74 Å².